The first-order chi connectivity index (χ1) is 21.1. The van der Waals surface area contributed by atoms with Gasteiger partial charge < -0.3 is 23.4 Å². The van der Waals surface area contributed by atoms with Crippen molar-refractivity contribution in [2.45, 2.75) is 13.5 Å². The summed E-state index contributed by atoms with van der Waals surface area (Å²) in [4.78, 5) is 18.4. The minimum absolute atomic E-state index is 0.219. The highest BCUT2D eigenvalue weighted by atomic mass is 79.9. The zero-order valence-electron chi connectivity index (χ0n) is 23.0. The maximum atomic E-state index is 13.6. The monoisotopic (exact) mass is 637 g/mol. The van der Waals surface area contributed by atoms with Crippen LogP contribution in [0, 0.1) is 0 Å². The Morgan fingerprint density at radius 1 is 0.953 bits per heavy atom. The number of hydrogen-bond donors (Lipinski definition) is 0. The molecule has 43 heavy (non-hydrogen) atoms. The summed E-state index contributed by atoms with van der Waals surface area (Å²) in [5, 5.41) is 5.90. The number of rotatable bonds is 8. The van der Waals surface area contributed by atoms with Crippen molar-refractivity contribution in [2.75, 3.05) is 13.4 Å². The van der Waals surface area contributed by atoms with E-state index >= 15 is 0 Å². The van der Waals surface area contributed by atoms with Crippen LogP contribution in [-0.4, -0.2) is 29.3 Å². The van der Waals surface area contributed by atoms with Crippen molar-refractivity contribution >= 4 is 44.0 Å². The van der Waals surface area contributed by atoms with Crippen LogP contribution in [0.25, 0.3) is 33.5 Å². The van der Waals surface area contributed by atoms with Gasteiger partial charge in [0, 0.05) is 9.86 Å². The Bertz CT molecular complexity index is 2080. The highest BCUT2D eigenvalue weighted by molar-refractivity contribution is 9.10. The third kappa shape index (κ3) is 5.32. The fraction of sp³-hybridized carbons (Fsp3) is 0.121. The highest BCUT2D eigenvalue weighted by Crippen LogP contribution is 2.34. The molecule has 10 heteroatoms. The van der Waals surface area contributed by atoms with Crippen LogP contribution < -0.4 is 24.5 Å². The van der Waals surface area contributed by atoms with Crippen molar-refractivity contribution in [3.05, 3.63) is 111 Å². The molecular weight excluding hydrogens is 614 g/mol. The first-order valence-corrected chi connectivity index (χ1v) is 14.4. The van der Waals surface area contributed by atoms with Crippen LogP contribution in [0.2, 0.25) is 0 Å². The van der Waals surface area contributed by atoms with Crippen LogP contribution in [0.5, 0.6) is 23.0 Å². The van der Waals surface area contributed by atoms with E-state index in [-0.39, 0.29) is 12.4 Å². The van der Waals surface area contributed by atoms with E-state index in [1.54, 1.807) is 24.4 Å². The first-order valence-electron chi connectivity index (χ1n) is 13.6. The summed E-state index contributed by atoms with van der Waals surface area (Å²) in [5.74, 6) is 3.27. The molecular formula is C33H24BrN3O6. The summed E-state index contributed by atoms with van der Waals surface area (Å²) in [7, 11) is 0. The lowest BCUT2D eigenvalue weighted by Crippen LogP contribution is -2.20. The second-order valence-electron chi connectivity index (χ2n) is 9.72. The number of aromatic nitrogens is 2. The third-order valence-corrected chi connectivity index (χ3v) is 7.37. The lowest BCUT2D eigenvalue weighted by atomic mass is 10.2. The fourth-order valence-corrected chi connectivity index (χ4v) is 5.20. The van der Waals surface area contributed by atoms with Gasteiger partial charge in [0.05, 0.1) is 23.7 Å². The first kappa shape index (κ1) is 26.8. The molecule has 3 heterocycles. The van der Waals surface area contributed by atoms with E-state index in [9.17, 15) is 4.79 Å². The Hall–Kier alpha value is -5.09. The Labute approximate surface area is 254 Å². The van der Waals surface area contributed by atoms with Gasteiger partial charge in [0.25, 0.3) is 5.56 Å². The average Bonchev–Trinajstić information content (AvgIpc) is 3.67. The molecule has 0 bridgehead atoms. The van der Waals surface area contributed by atoms with Crippen LogP contribution in [-0.2, 0) is 6.61 Å². The second kappa shape index (κ2) is 11.3. The van der Waals surface area contributed by atoms with Gasteiger partial charge in [0.15, 0.2) is 28.8 Å². The highest BCUT2D eigenvalue weighted by Gasteiger charge is 2.17. The van der Waals surface area contributed by atoms with E-state index < -0.39 is 0 Å². The maximum absolute atomic E-state index is 13.6. The zero-order chi connectivity index (χ0) is 29.3. The molecule has 0 N–H and O–H groups in total. The summed E-state index contributed by atoms with van der Waals surface area (Å²) in [5.41, 5.74) is 2.56. The number of nitrogens with zero attached hydrogens (tertiary/aromatic N) is 3. The Morgan fingerprint density at radius 2 is 1.84 bits per heavy atom. The van der Waals surface area contributed by atoms with Gasteiger partial charge in [-0.1, -0.05) is 34.1 Å². The van der Waals surface area contributed by atoms with Crippen molar-refractivity contribution in [3.63, 3.8) is 0 Å². The SMILES string of the molecule is CCOc1cc(C=Nn2c(-c3cc4cc(Br)ccc4o3)nc3ccccc3c2=O)ccc1OCc1ccc2c(c1)OCO2. The molecule has 1 aliphatic heterocycles. The molecule has 0 saturated heterocycles. The fourth-order valence-electron chi connectivity index (χ4n) is 4.82. The second-order valence-corrected chi connectivity index (χ2v) is 10.6. The Balaban J connectivity index is 1.22. The topological polar surface area (TPSA) is 97.3 Å². The lowest BCUT2D eigenvalue weighted by Gasteiger charge is -2.13. The molecule has 0 aliphatic carbocycles. The smallest absolute Gasteiger partial charge is 0.282 e. The Kier molecular flexibility index (Phi) is 7.04. The van der Waals surface area contributed by atoms with Crippen LogP contribution in [0.15, 0.2) is 104 Å². The molecule has 4 aromatic carbocycles. The van der Waals surface area contributed by atoms with Gasteiger partial charge in [-0.15, -0.1) is 0 Å². The predicted octanol–water partition coefficient (Wildman–Crippen LogP) is 7.16. The molecule has 214 valence electrons. The van der Waals surface area contributed by atoms with Gasteiger partial charge in [0.2, 0.25) is 12.6 Å². The molecule has 2 aromatic heterocycles. The molecule has 7 rings (SSSR count). The normalized spacial score (nSPS) is 12.4. The van der Waals surface area contributed by atoms with E-state index in [4.69, 9.17) is 28.3 Å². The predicted molar refractivity (Wildman–Crippen MR) is 166 cm³/mol. The number of furan rings is 1. The minimum Gasteiger partial charge on any atom is -0.490 e. The molecule has 0 radical (unpaired) electrons. The minimum atomic E-state index is -0.313. The zero-order valence-corrected chi connectivity index (χ0v) is 24.5. The number of ether oxygens (including phenoxy) is 4. The van der Waals surface area contributed by atoms with Crippen molar-refractivity contribution in [3.8, 4) is 34.6 Å². The standard InChI is InChI=1S/C33H24BrN3O6/c1-2-39-29-13-20(7-10-27(29)40-18-21-8-11-28-30(14-21)42-19-41-28)17-35-37-32(36-25-6-4-3-5-24(25)33(37)38)31-16-22-15-23(34)9-12-26(22)43-31/h3-17H,2,18-19H2,1H3. The van der Waals surface area contributed by atoms with Crippen LogP contribution in [0.3, 0.4) is 0 Å². The molecule has 0 atom stereocenters. The number of hydrogen-bond acceptors (Lipinski definition) is 8. The van der Waals surface area contributed by atoms with Crippen molar-refractivity contribution in [1.29, 1.82) is 0 Å². The van der Waals surface area contributed by atoms with Crippen LogP contribution >= 0.6 is 15.9 Å². The molecule has 1 aliphatic rings. The van der Waals surface area contributed by atoms with Gasteiger partial charge in [0.1, 0.15) is 12.2 Å². The van der Waals surface area contributed by atoms with E-state index in [0.29, 0.717) is 64.1 Å². The van der Waals surface area contributed by atoms with Crippen LogP contribution in [0.4, 0.5) is 0 Å². The summed E-state index contributed by atoms with van der Waals surface area (Å²) in [6.07, 6.45) is 1.59. The van der Waals surface area contributed by atoms with Crippen LogP contribution in [0.1, 0.15) is 18.1 Å². The van der Waals surface area contributed by atoms with Gasteiger partial charge in [-0.05, 0) is 84.8 Å². The molecule has 0 amide bonds. The average molecular weight is 638 g/mol. The van der Waals surface area contributed by atoms with E-state index in [2.05, 4.69) is 21.0 Å². The molecule has 0 fully saturated rings. The summed E-state index contributed by atoms with van der Waals surface area (Å²) < 4.78 is 31.1. The van der Waals surface area contributed by atoms with Crippen molar-refractivity contribution in [2.24, 2.45) is 5.10 Å². The molecule has 9 nitrogen and oxygen atoms in total. The van der Waals surface area contributed by atoms with Crippen molar-refractivity contribution < 1.29 is 23.4 Å². The maximum Gasteiger partial charge on any atom is 0.282 e. The van der Waals surface area contributed by atoms with Gasteiger partial charge in [-0.2, -0.15) is 9.78 Å². The molecule has 0 spiro atoms. The number of fused-ring (bicyclic) bond motifs is 3. The molecule has 6 aromatic rings. The quantitative estimate of drug-likeness (QED) is 0.163. The number of benzene rings is 4. The third-order valence-electron chi connectivity index (χ3n) is 6.87. The number of halogens is 1. The molecule has 0 saturated carbocycles. The van der Waals surface area contributed by atoms with Gasteiger partial charge in [-0.25, -0.2) is 4.98 Å². The molecule has 0 unspecified atom stereocenters. The number of para-hydroxylation sites is 1. The van der Waals surface area contributed by atoms with E-state index in [1.165, 1.54) is 4.68 Å². The summed E-state index contributed by atoms with van der Waals surface area (Å²) in [6.45, 7) is 2.89. The lowest BCUT2D eigenvalue weighted by molar-refractivity contribution is 0.174. The Morgan fingerprint density at radius 3 is 2.74 bits per heavy atom. The van der Waals surface area contributed by atoms with Gasteiger partial charge in [-0.3, -0.25) is 4.79 Å². The summed E-state index contributed by atoms with van der Waals surface area (Å²) >= 11 is 3.50. The van der Waals surface area contributed by atoms with E-state index in [0.717, 1.165) is 21.2 Å². The van der Waals surface area contributed by atoms with Gasteiger partial charge >= 0.3 is 0 Å². The van der Waals surface area contributed by atoms with E-state index in [1.807, 2.05) is 73.7 Å². The summed E-state index contributed by atoms with van der Waals surface area (Å²) in [6, 6.07) is 25.9. The largest absolute Gasteiger partial charge is 0.490 e. The van der Waals surface area contributed by atoms with Crippen molar-refractivity contribution in [1.82, 2.24) is 9.66 Å².